The number of carbonyl (C=O) groups excluding carboxylic acids is 1. The molecule has 1 heterocycles. The van der Waals surface area contributed by atoms with Gasteiger partial charge in [-0.1, -0.05) is 32.0 Å². The summed E-state index contributed by atoms with van der Waals surface area (Å²) in [5.41, 5.74) is -1.84. The lowest BCUT2D eigenvalue weighted by Gasteiger charge is -2.44. The highest BCUT2D eigenvalue weighted by Gasteiger charge is 2.57. The second kappa shape index (κ2) is 7.23. The van der Waals surface area contributed by atoms with Gasteiger partial charge in [-0.3, -0.25) is 9.59 Å². The first-order valence-corrected chi connectivity index (χ1v) is 9.69. The summed E-state index contributed by atoms with van der Waals surface area (Å²) in [7, 11) is 0. The summed E-state index contributed by atoms with van der Waals surface area (Å²) < 4.78 is 14.3. The van der Waals surface area contributed by atoms with Crippen molar-refractivity contribution in [2.24, 2.45) is 11.3 Å². The average Bonchev–Trinajstić information content (AvgIpc) is 3.42. The van der Waals surface area contributed by atoms with Crippen LogP contribution >= 0.6 is 0 Å². The van der Waals surface area contributed by atoms with E-state index >= 15 is 0 Å². The van der Waals surface area contributed by atoms with E-state index in [4.69, 9.17) is 0 Å². The monoisotopic (exact) mass is 377 g/mol. The molecular formula is C21H28FNO4. The Morgan fingerprint density at radius 1 is 1.30 bits per heavy atom. The minimum Gasteiger partial charge on any atom is -0.481 e. The van der Waals surface area contributed by atoms with Crippen molar-refractivity contribution in [3.63, 3.8) is 0 Å². The number of hydrogen-bond donors (Lipinski definition) is 2. The third-order valence-corrected chi connectivity index (χ3v) is 6.21. The van der Waals surface area contributed by atoms with Gasteiger partial charge in [0.25, 0.3) is 0 Å². The van der Waals surface area contributed by atoms with Gasteiger partial charge in [0.1, 0.15) is 11.2 Å². The second-order valence-electron chi connectivity index (χ2n) is 8.49. The molecule has 0 spiro atoms. The summed E-state index contributed by atoms with van der Waals surface area (Å²) in [6, 6.07) is 6.31. The van der Waals surface area contributed by atoms with Crippen molar-refractivity contribution in [2.45, 2.75) is 57.5 Å². The maximum absolute atomic E-state index is 14.3. The number of nitrogens with zero attached hydrogens (tertiary/aromatic N) is 1. The normalized spacial score (nSPS) is 26.9. The van der Waals surface area contributed by atoms with Crippen LogP contribution in [-0.2, 0) is 15.0 Å². The van der Waals surface area contributed by atoms with Gasteiger partial charge in [0.05, 0.1) is 11.5 Å². The van der Waals surface area contributed by atoms with E-state index in [9.17, 15) is 24.2 Å². The largest absolute Gasteiger partial charge is 0.481 e. The lowest BCUT2D eigenvalue weighted by atomic mass is 9.72. The lowest BCUT2D eigenvalue weighted by Crippen LogP contribution is -2.58. The zero-order valence-corrected chi connectivity index (χ0v) is 15.9. The van der Waals surface area contributed by atoms with Gasteiger partial charge in [-0.2, -0.15) is 0 Å². The van der Waals surface area contributed by atoms with Crippen LogP contribution < -0.4 is 0 Å². The number of aliphatic hydroxyl groups excluding tert-OH is 1. The van der Waals surface area contributed by atoms with Gasteiger partial charge in [0, 0.05) is 18.7 Å². The first-order valence-electron chi connectivity index (χ1n) is 9.69. The molecule has 148 valence electrons. The number of likely N-dealkylation sites (tertiary alicyclic amines) is 1. The molecule has 1 saturated carbocycles. The minimum atomic E-state index is -1.36. The van der Waals surface area contributed by atoms with Crippen molar-refractivity contribution in [3.05, 3.63) is 35.6 Å². The zero-order valence-electron chi connectivity index (χ0n) is 15.9. The first kappa shape index (κ1) is 19.8. The van der Waals surface area contributed by atoms with E-state index in [1.165, 1.54) is 6.07 Å². The van der Waals surface area contributed by atoms with Crippen molar-refractivity contribution in [2.75, 3.05) is 13.1 Å². The molecule has 0 unspecified atom stereocenters. The molecule has 1 amide bonds. The fourth-order valence-corrected chi connectivity index (χ4v) is 4.24. The zero-order chi connectivity index (χ0) is 19.8. The highest BCUT2D eigenvalue weighted by molar-refractivity contribution is 5.92. The Bertz CT molecular complexity index is 731. The van der Waals surface area contributed by atoms with Crippen molar-refractivity contribution < 1.29 is 24.2 Å². The summed E-state index contributed by atoms with van der Waals surface area (Å²) in [4.78, 5) is 26.9. The molecule has 3 rings (SSSR count). The van der Waals surface area contributed by atoms with Gasteiger partial charge in [-0.05, 0) is 44.1 Å². The fourth-order valence-electron chi connectivity index (χ4n) is 4.24. The van der Waals surface area contributed by atoms with Gasteiger partial charge < -0.3 is 15.1 Å². The smallest absolute Gasteiger partial charge is 0.314 e. The maximum atomic E-state index is 14.3. The molecular weight excluding hydrogens is 349 g/mol. The van der Waals surface area contributed by atoms with Crippen LogP contribution in [0.5, 0.6) is 0 Å². The van der Waals surface area contributed by atoms with Gasteiger partial charge in [-0.25, -0.2) is 4.39 Å². The van der Waals surface area contributed by atoms with Crippen LogP contribution in [0.15, 0.2) is 24.3 Å². The molecule has 1 aromatic rings. The number of carboxylic acid groups (broad SMARTS) is 1. The van der Waals surface area contributed by atoms with Crippen LogP contribution in [0, 0.1) is 17.2 Å². The molecule has 27 heavy (non-hydrogen) atoms. The number of aliphatic carboxylic acids is 1. The Labute approximate surface area is 159 Å². The van der Waals surface area contributed by atoms with Crippen molar-refractivity contribution >= 4 is 11.9 Å². The summed E-state index contributed by atoms with van der Waals surface area (Å²) >= 11 is 0. The van der Waals surface area contributed by atoms with Gasteiger partial charge >= 0.3 is 5.97 Å². The molecule has 5 nitrogen and oxygen atoms in total. The Kier molecular flexibility index (Phi) is 5.30. The Hall–Kier alpha value is -1.95. The summed E-state index contributed by atoms with van der Waals surface area (Å²) in [6.45, 7) is 4.29. The van der Waals surface area contributed by atoms with E-state index in [1.807, 2.05) is 13.8 Å². The van der Waals surface area contributed by atoms with E-state index in [1.54, 1.807) is 23.1 Å². The Morgan fingerprint density at radius 3 is 2.52 bits per heavy atom. The van der Waals surface area contributed by atoms with E-state index in [2.05, 4.69) is 0 Å². The quantitative estimate of drug-likeness (QED) is 0.799. The summed E-state index contributed by atoms with van der Waals surface area (Å²) in [5, 5.41) is 20.4. The number of carbonyl (C=O) groups is 2. The molecule has 1 aromatic carbocycles. The molecule has 6 heteroatoms. The number of rotatable bonds is 6. The van der Waals surface area contributed by atoms with Crippen LogP contribution in [0.4, 0.5) is 4.39 Å². The van der Waals surface area contributed by atoms with Crippen molar-refractivity contribution in [3.8, 4) is 0 Å². The van der Waals surface area contributed by atoms with Crippen LogP contribution in [0.1, 0.15) is 51.5 Å². The molecule has 2 aliphatic rings. The van der Waals surface area contributed by atoms with E-state index < -0.39 is 28.7 Å². The molecule has 0 aromatic heterocycles. The third kappa shape index (κ3) is 3.47. The molecule has 0 bridgehead atoms. The Morgan fingerprint density at radius 2 is 1.96 bits per heavy atom. The van der Waals surface area contributed by atoms with Crippen LogP contribution in [0.25, 0.3) is 0 Å². The highest BCUT2D eigenvalue weighted by atomic mass is 19.1. The molecule has 2 atom stereocenters. The number of amides is 1. The van der Waals surface area contributed by atoms with Crippen LogP contribution in [-0.4, -0.2) is 46.2 Å². The van der Waals surface area contributed by atoms with Crippen molar-refractivity contribution in [1.82, 2.24) is 4.90 Å². The second-order valence-corrected chi connectivity index (χ2v) is 8.49. The van der Waals surface area contributed by atoms with Crippen LogP contribution in [0.2, 0.25) is 0 Å². The maximum Gasteiger partial charge on any atom is 0.314 e. The predicted octanol–water partition coefficient (Wildman–Crippen LogP) is 2.96. The SMILES string of the molecule is CC(C)CC[C@@]1(C(=O)O)CN(C(=O)C2(c3ccccc3F)CC2)CC[C@@H]1O. The first-order chi connectivity index (χ1) is 12.7. The average molecular weight is 377 g/mol. The van der Waals surface area contributed by atoms with E-state index in [0.29, 0.717) is 43.7 Å². The number of hydrogen-bond acceptors (Lipinski definition) is 3. The molecule has 0 radical (unpaired) electrons. The number of aliphatic hydroxyl groups is 1. The summed E-state index contributed by atoms with van der Waals surface area (Å²) in [6.07, 6.45) is 1.35. The standard InChI is InChI=1S/C21H28FNO4/c1-14(2)7-9-21(19(26)27)13-23(12-8-17(21)24)18(25)20(10-11-20)15-5-3-4-6-16(15)22/h3-6,14,17,24H,7-13H2,1-2H3,(H,26,27)/t17-,21+/m0/s1. The molecule has 2 fully saturated rings. The predicted molar refractivity (Wildman–Crippen MR) is 98.7 cm³/mol. The van der Waals surface area contributed by atoms with Gasteiger partial charge in [0.15, 0.2) is 0 Å². The lowest BCUT2D eigenvalue weighted by molar-refractivity contribution is -0.167. The number of benzene rings is 1. The van der Waals surface area contributed by atoms with Crippen LogP contribution in [0.3, 0.4) is 0 Å². The molecule has 2 N–H and O–H groups in total. The molecule has 1 aliphatic heterocycles. The molecule has 1 aliphatic carbocycles. The molecule has 1 saturated heterocycles. The van der Waals surface area contributed by atoms with E-state index in [-0.39, 0.29) is 18.9 Å². The van der Waals surface area contributed by atoms with E-state index in [0.717, 1.165) is 0 Å². The number of carboxylic acids is 1. The Balaban J connectivity index is 1.86. The highest BCUT2D eigenvalue weighted by Crippen LogP contribution is 2.51. The van der Waals surface area contributed by atoms with Gasteiger partial charge in [-0.15, -0.1) is 0 Å². The third-order valence-electron chi connectivity index (χ3n) is 6.21. The van der Waals surface area contributed by atoms with Crippen molar-refractivity contribution in [1.29, 1.82) is 0 Å². The number of halogens is 1. The number of piperidine rings is 1. The van der Waals surface area contributed by atoms with Gasteiger partial charge in [0.2, 0.25) is 5.91 Å². The topological polar surface area (TPSA) is 77.8 Å². The fraction of sp³-hybridized carbons (Fsp3) is 0.619. The summed E-state index contributed by atoms with van der Waals surface area (Å²) in [5.74, 6) is -1.38. The minimum absolute atomic E-state index is 0.0226.